The SMILES string of the molecule is CC(CN(C)C)NC(C)c1ccc(Cl)c(Cl)c1. The molecule has 2 unspecified atom stereocenters. The van der Waals surface area contributed by atoms with E-state index in [9.17, 15) is 0 Å². The Morgan fingerprint density at radius 1 is 1.18 bits per heavy atom. The number of likely N-dealkylation sites (N-methyl/N-ethyl adjacent to an activating group) is 1. The third-order valence-corrected chi connectivity index (χ3v) is 3.36. The molecule has 0 aliphatic carbocycles. The molecule has 0 aliphatic rings. The minimum absolute atomic E-state index is 0.264. The maximum absolute atomic E-state index is 6.01. The molecule has 0 aromatic heterocycles. The lowest BCUT2D eigenvalue weighted by atomic mass is 10.1. The molecule has 2 atom stereocenters. The van der Waals surface area contributed by atoms with Crippen molar-refractivity contribution in [1.82, 2.24) is 10.2 Å². The summed E-state index contributed by atoms with van der Waals surface area (Å²) in [5, 5.41) is 4.74. The number of hydrogen-bond acceptors (Lipinski definition) is 2. The topological polar surface area (TPSA) is 15.3 Å². The first kappa shape index (κ1) is 14.8. The average molecular weight is 275 g/mol. The summed E-state index contributed by atoms with van der Waals surface area (Å²) in [6, 6.07) is 6.46. The quantitative estimate of drug-likeness (QED) is 0.883. The van der Waals surface area contributed by atoms with Crippen LogP contribution in [0.15, 0.2) is 18.2 Å². The normalized spacial score (nSPS) is 15.0. The number of hydrogen-bond donors (Lipinski definition) is 1. The zero-order valence-electron chi connectivity index (χ0n) is 10.8. The van der Waals surface area contributed by atoms with Gasteiger partial charge in [0, 0.05) is 18.6 Å². The summed E-state index contributed by atoms with van der Waals surface area (Å²) in [7, 11) is 4.14. The zero-order valence-corrected chi connectivity index (χ0v) is 12.3. The van der Waals surface area contributed by atoms with Gasteiger partial charge in [-0.3, -0.25) is 0 Å². The van der Waals surface area contributed by atoms with E-state index in [1.54, 1.807) is 0 Å². The van der Waals surface area contributed by atoms with Gasteiger partial charge in [-0.05, 0) is 45.6 Å². The minimum Gasteiger partial charge on any atom is -0.308 e. The Morgan fingerprint density at radius 2 is 1.82 bits per heavy atom. The lowest BCUT2D eigenvalue weighted by Gasteiger charge is -2.23. The van der Waals surface area contributed by atoms with E-state index in [0.29, 0.717) is 16.1 Å². The Balaban J connectivity index is 2.63. The second-order valence-electron chi connectivity index (χ2n) is 4.73. The average Bonchev–Trinajstić information content (AvgIpc) is 2.20. The van der Waals surface area contributed by atoms with E-state index in [2.05, 4.69) is 38.2 Å². The van der Waals surface area contributed by atoms with Crippen molar-refractivity contribution in [2.75, 3.05) is 20.6 Å². The van der Waals surface area contributed by atoms with Gasteiger partial charge in [-0.25, -0.2) is 0 Å². The van der Waals surface area contributed by atoms with Gasteiger partial charge in [-0.1, -0.05) is 29.3 Å². The molecule has 96 valence electrons. The maximum atomic E-state index is 6.01. The van der Waals surface area contributed by atoms with Crippen LogP contribution in [0.2, 0.25) is 10.0 Å². The summed E-state index contributed by atoms with van der Waals surface area (Å²) in [5.74, 6) is 0. The Morgan fingerprint density at radius 3 is 2.35 bits per heavy atom. The van der Waals surface area contributed by atoms with Crippen LogP contribution in [-0.4, -0.2) is 31.6 Å². The molecule has 1 N–H and O–H groups in total. The summed E-state index contributed by atoms with van der Waals surface area (Å²) >= 11 is 11.9. The van der Waals surface area contributed by atoms with E-state index >= 15 is 0 Å². The van der Waals surface area contributed by atoms with Crippen LogP contribution in [0.4, 0.5) is 0 Å². The standard InChI is InChI=1S/C13H20Cl2N2/c1-9(8-17(3)4)16-10(2)11-5-6-12(14)13(15)7-11/h5-7,9-10,16H,8H2,1-4H3. The van der Waals surface area contributed by atoms with Crippen molar-refractivity contribution in [3.8, 4) is 0 Å². The van der Waals surface area contributed by atoms with Gasteiger partial charge >= 0.3 is 0 Å². The molecule has 0 saturated carbocycles. The number of halogens is 2. The molecule has 0 aliphatic heterocycles. The minimum atomic E-state index is 0.264. The van der Waals surface area contributed by atoms with Crippen molar-refractivity contribution in [3.05, 3.63) is 33.8 Å². The molecule has 0 bridgehead atoms. The number of benzene rings is 1. The van der Waals surface area contributed by atoms with Crippen LogP contribution in [-0.2, 0) is 0 Å². The highest BCUT2D eigenvalue weighted by molar-refractivity contribution is 6.42. The first-order chi connectivity index (χ1) is 7.90. The fourth-order valence-corrected chi connectivity index (χ4v) is 2.21. The molecule has 0 saturated heterocycles. The first-order valence-electron chi connectivity index (χ1n) is 5.76. The third kappa shape index (κ3) is 4.84. The predicted molar refractivity (Wildman–Crippen MR) is 76.0 cm³/mol. The van der Waals surface area contributed by atoms with Gasteiger partial charge in [0.1, 0.15) is 0 Å². The van der Waals surface area contributed by atoms with Crippen LogP contribution in [0.5, 0.6) is 0 Å². The zero-order chi connectivity index (χ0) is 13.0. The van der Waals surface area contributed by atoms with Crippen LogP contribution >= 0.6 is 23.2 Å². The Bertz CT molecular complexity index is 366. The van der Waals surface area contributed by atoms with Gasteiger partial charge < -0.3 is 10.2 Å². The van der Waals surface area contributed by atoms with Gasteiger partial charge in [0.15, 0.2) is 0 Å². The number of nitrogens with zero attached hydrogens (tertiary/aromatic N) is 1. The second kappa shape index (κ2) is 6.60. The summed E-state index contributed by atoms with van der Waals surface area (Å²) in [6.45, 7) is 5.31. The summed E-state index contributed by atoms with van der Waals surface area (Å²) in [6.07, 6.45) is 0. The lowest BCUT2D eigenvalue weighted by Crippen LogP contribution is -2.37. The largest absolute Gasteiger partial charge is 0.308 e. The van der Waals surface area contributed by atoms with E-state index in [1.165, 1.54) is 0 Å². The van der Waals surface area contributed by atoms with Gasteiger partial charge in [0.25, 0.3) is 0 Å². The monoisotopic (exact) mass is 274 g/mol. The van der Waals surface area contributed by atoms with Crippen LogP contribution in [0.25, 0.3) is 0 Å². The van der Waals surface area contributed by atoms with E-state index in [0.717, 1.165) is 12.1 Å². The van der Waals surface area contributed by atoms with Crippen molar-refractivity contribution in [3.63, 3.8) is 0 Å². The number of rotatable bonds is 5. The van der Waals surface area contributed by atoms with E-state index in [4.69, 9.17) is 23.2 Å². The van der Waals surface area contributed by atoms with Crippen LogP contribution in [0, 0.1) is 0 Å². The molecule has 0 fully saturated rings. The highest BCUT2D eigenvalue weighted by Crippen LogP contribution is 2.25. The molecule has 1 aromatic carbocycles. The van der Waals surface area contributed by atoms with Gasteiger partial charge in [-0.2, -0.15) is 0 Å². The highest BCUT2D eigenvalue weighted by Gasteiger charge is 2.11. The second-order valence-corrected chi connectivity index (χ2v) is 5.54. The molecule has 1 aromatic rings. The van der Waals surface area contributed by atoms with Gasteiger partial charge in [0.2, 0.25) is 0 Å². The van der Waals surface area contributed by atoms with E-state index in [-0.39, 0.29) is 6.04 Å². The molecule has 2 nitrogen and oxygen atoms in total. The fourth-order valence-electron chi connectivity index (χ4n) is 1.91. The Labute approximate surface area is 114 Å². The van der Waals surface area contributed by atoms with E-state index in [1.807, 2.05) is 18.2 Å². The Kier molecular flexibility index (Phi) is 5.74. The fraction of sp³-hybridized carbons (Fsp3) is 0.538. The van der Waals surface area contributed by atoms with Crippen molar-refractivity contribution in [2.24, 2.45) is 0 Å². The first-order valence-corrected chi connectivity index (χ1v) is 6.51. The smallest absolute Gasteiger partial charge is 0.0595 e. The summed E-state index contributed by atoms with van der Waals surface area (Å²) in [5.41, 5.74) is 1.16. The van der Waals surface area contributed by atoms with Crippen molar-refractivity contribution in [1.29, 1.82) is 0 Å². The van der Waals surface area contributed by atoms with Crippen molar-refractivity contribution >= 4 is 23.2 Å². The van der Waals surface area contributed by atoms with Crippen LogP contribution < -0.4 is 5.32 Å². The molecule has 0 heterocycles. The molecule has 0 amide bonds. The highest BCUT2D eigenvalue weighted by atomic mass is 35.5. The molecule has 0 radical (unpaired) electrons. The van der Waals surface area contributed by atoms with Crippen molar-refractivity contribution < 1.29 is 0 Å². The lowest BCUT2D eigenvalue weighted by molar-refractivity contribution is 0.334. The summed E-state index contributed by atoms with van der Waals surface area (Å²) < 4.78 is 0. The van der Waals surface area contributed by atoms with E-state index < -0.39 is 0 Å². The molecule has 1 rings (SSSR count). The Hall–Kier alpha value is -0.280. The van der Waals surface area contributed by atoms with Gasteiger partial charge in [0.05, 0.1) is 10.0 Å². The molecular formula is C13H20Cl2N2. The predicted octanol–water partition coefficient (Wildman–Crippen LogP) is 3.59. The molecule has 0 spiro atoms. The molecule has 4 heteroatoms. The summed E-state index contributed by atoms with van der Waals surface area (Å²) in [4.78, 5) is 2.17. The number of nitrogens with one attached hydrogen (secondary N) is 1. The van der Waals surface area contributed by atoms with Crippen LogP contribution in [0.3, 0.4) is 0 Å². The van der Waals surface area contributed by atoms with Gasteiger partial charge in [-0.15, -0.1) is 0 Å². The maximum Gasteiger partial charge on any atom is 0.0595 e. The van der Waals surface area contributed by atoms with Crippen molar-refractivity contribution in [2.45, 2.75) is 25.9 Å². The molecular weight excluding hydrogens is 255 g/mol. The van der Waals surface area contributed by atoms with Crippen LogP contribution in [0.1, 0.15) is 25.5 Å². The molecule has 17 heavy (non-hydrogen) atoms. The third-order valence-electron chi connectivity index (χ3n) is 2.62.